The summed E-state index contributed by atoms with van der Waals surface area (Å²) in [7, 11) is 3.28. The zero-order valence-electron chi connectivity index (χ0n) is 11.4. The Labute approximate surface area is 135 Å². The van der Waals surface area contributed by atoms with Gasteiger partial charge in [0, 0.05) is 30.5 Å². The average Bonchev–Trinajstić information content (AvgIpc) is 2.86. The van der Waals surface area contributed by atoms with Crippen molar-refractivity contribution in [1.82, 2.24) is 9.88 Å². The van der Waals surface area contributed by atoms with Crippen LogP contribution in [-0.4, -0.2) is 35.8 Å². The summed E-state index contributed by atoms with van der Waals surface area (Å²) < 4.78 is 0.784. The highest BCUT2D eigenvalue weighted by Gasteiger charge is 2.15. The minimum atomic E-state index is -0.300. The second-order valence-electron chi connectivity index (χ2n) is 4.58. The van der Waals surface area contributed by atoms with Crippen molar-refractivity contribution in [3.8, 4) is 0 Å². The second kappa shape index (κ2) is 6.32. The highest BCUT2D eigenvalue weighted by atomic mass is 79.9. The van der Waals surface area contributed by atoms with Gasteiger partial charge < -0.3 is 15.2 Å². The van der Waals surface area contributed by atoms with Gasteiger partial charge in [-0.25, -0.2) is 0 Å². The number of benzene rings is 1. The molecular weight excluding hydrogens is 358 g/mol. The number of H-pyrrole nitrogens is 1. The van der Waals surface area contributed by atoms with E-state index >= 15 is 0 Å². The van der Waals surface area contributed by atoms with Gasteiger partial charge in [-0.2, -0.15) is 0 Å². The van der Waals surface area contributed by atoms with Gasteiger partial charge in [0.25, 0.3) is 11.8 Å². The van der Waals surface area contributed by atoms with Crippen LogP contribution in [0.2, 0.25) is 5.02 Å². The van der Waals surface area contributed by atoms with E-state index in [1.807, 2.05) is 0 Å². The van der Waals surface area contributed by atoms with E-state index < -0.39 is 0 Å². The number of nitrogens with one attached hydrogen (secondary N) is 2. The summed E-state index contributed by atoms with van der Waals surface area (Å²) >= 11 is 9.28. The lowest BCUT2D eigenvalue weighted by molar-refractivity contribution is 0.0827. The molecule has 0 radical (unpaired) electrons. The summed E-state index contributed by atoms with van der Waals surface area (Å²) in [6.07, 6.45) is 1.66. The maximum Gasteiger partial charge on any atom is 0.272 e. The van der Waals surface area contributed by atoms with Gasteiger partial charge in [0.05, 0.1) is 10.6 Å². The molecule has 0 atom stereocenters. The lowest BCUT2D eigenvalue weighted by Crippen LogP contribution is -2.22. The molecule has 0 unspecified atom stereocenters. The van der Waals surface area contributed by atoms with E-state index in [1.165, 1.54) is 4.90 Å². The zero-order valence-corrected chi connectivity index (χ0v) is 13.7. The van der Waals surface area contributed by atoms with Gasteiger partial charge in [-0.1, -0.05) is 11.6 Å². The predicted molar refractivity (Wildman–Crippen MR) is 85.9 cm³/mol. The molecule has 1 aromatic heterocycles. The Hall–Kier alpha value is -1.79. The first-order chi connectivity index (χ1) is 9.88. The van der Waals surface area contributed by atoms with Crippen molar-refractivity contribution in [2.75, 3.05) is 19.4 Å². The van der Waals surface area contributed by atoms with Crippen LogP contribution >= 0.6 is 27.5 Å². The summed E-state index contributed by atoms with van der Waals surface area (Å²) in [6.45, 7) is 0. The van der Waals surface area contributed by atoms with Gasteiger partial charge in [0.2, 0.25) is 0 Å². The maximum absolute atomic E-state index is 12.0. The number of rotatable bonds is 3. The Morgan fingerprint density at radius 3 is 2.57 bits per heavy atom. The molecular formula is C14H13BrClN3O2. The average molecular weight is 371 g/mol. The number of hydrogen-bond donors (Lipinski definition) is 2. The topological polar surface area (TPSA) is 65.2 Å². The summed E-state index contributed by atoms with van der Waals surface area (Å²) in [5.74, 6) is -0.523. The highest BCUT2D eigenvalue weighted by Crippen LogP contribution is 2.22. The van der Waals surface area contributed by atoms with Crippen molar-refractivity contribution in [1.29, 1.82) is 0 Å². The first-order valence-corrected chi connectivity index (χ1v) is 7.22. The fourth-order valence-electron chi connectivity index (χ4n) is 1.71. The number of carbonyl (C=O) groups excluding carboxylic acids is 2. The minimum Gasteiger partial charge on any atom is -0.356 e. The first-order valence-electron chi connectivity index (χ1n) is 6.05. The number of amides is 2. The molecule has 1 heterocycles. The van der Waals surface area contributed by atoms with Crippen LogP contribution in [-0.2, 0) is 0 Å². The Balaban J connectivity index is 2.23. The molecule has 5 nitrogen and oxygen atoms in total. The van der Waals surface area contributed by atoms with E-state index in [2.05, 4.69) is 26.2 Å². The molecule has 2 N–H and O–H groups in total. The van der Waals surface area contributed by atoms with Gasteiger partial charge in [0.1, 0.15) is 5.69 Å². The van der Waals surface area contributed by atoms with Crippen LogP contribution in [0.25, 0.3) is 0 Å². The molecule has 2 amide bonds. The lowest BCUT2D eigenvalue weighted by atomic mass is 10.1. The molecule has 2 rings (SSSR count). The van der Waals surface area contributed by atoms with E-state index in [9.17, 15) is 9.59 Å². The third kappa shape index (κ3) is 3.65. The Kier molecular flexibility index (Phi) is 4.69. The molecule has 0 bridgehead atoms. The fourth-order valence-corrected chi connectivity index (χ4v) is 2.25. The molecule has 21 heavy (non-hydrogen) atoms. The van der Waals surface area contributed by atoms with Gasteiger partial charge >= 0.3 is 0 Å². The summed E-state index contributed by atoms with van der Waals surface area (Å²) in [6, 6.07) is 6.45. The molecule has 0 saturated carbocycles. The van der Waals surface area contributed by atoms with Crippen LogP contribution < -0.4 is 5.32 Å². The van der Waals surface area contributed by atoms with Crippen LogP contribution in [0, 0.1) is 0 Å². The molecule has 110 valence electrons. The summed E-state index contributed by atoms with van der Waals surface area (Å²) in [5, 5.41) is 3.05. The number of anilines is 1. The summed E-state index contributed by atoms with van der Waals surface area (Å²) in [5.41, 5.74) is 1.25. The largest absolute Gasteiger partial charge is 0.356 e. The zero-order chi connectivity index (χ0) is 15.6. The molecule has 0 saturated heterocycles. The van der Waals surface area contributed by atoms with E-state index in [-0.39, 0.29) is 11.8 Å². The van der Waals surface area contributed by atoms with E-state index in [0.29, 0.717) is 22.0 Å². The number of aromatic amines is 1. The van der Waals surface area contributed by atoms with E-state index in [4.69, 9.17) is 11.6 Å². The van der Waals surface area contributed by atoms with Gasteiger partial charge in [-0.15, -0.1) is 0 Å². The third-order valence-electron chi connectivity index (χ3n) is 2.75. The molecule has 0 fully saturated rings. The molecule has 7 heteroatoms. The highest BCUT2D eigenvalue weighted by molar-refractivity contribution is 9.10. The predicted octanol–water partition coefficient (Wildman–Crippen LogP) is 3.38. The Morgan fingerprint density at radius 2 is 2.00 bits per heavy atom. The van der Waals surface area contributed by atoms with Crippen molar-refractivity contribution >= 4 is 45.0 Å². The fraction of sp³-hybridized carbons (Fsp3) is 0.143. The molecule has 0 spiro atoms. The molecule has 2 aromatic rings. The van der Waals surface area contributed by atoms with Crippen molar-refractivity contribution in [2.45, 2.75) is 0 Å². The molecule has 0 aliphatic carbocycles. The normalized spacial score (nSPS) is 10.3. The molecule has 0 aliphatic rings. The van der Waals surface area contributed by atoms with Crippen molar-refractivity contribution in [3.63, 3.8) is 0 Å². The number of carbonyl (C=O) groups is 2. The monoisotopic (exact) mass is 369 g/mol. The Morgan fingerprint density at radius 1 is 1.29 bits per heavy atom. The Bertz CT molecular complexity index is 697. The van der Waals surface area contributed by atoms with Crippen LogP contribution in [0.1, 0.15) is 20.8 Å². The standard InChI is InChI=1S/C14H13BrClN3O2/c1-19(2)14(21)10-6-9(3-4-11(10)16)18-13(20)12-5-8(15)7-17-12/h3-7,17H,1-2H3,(H,18,20). The lowest BCUT2D eigenvalue weighted by Gasteiger charge is -2.13. The van der Waals surface area contributed by atoms with Crippen molar-refractivity contribution in [2.24, 2.45) is 0 Å². The number of hydrogen-bond acceptors (Lipinski definition) is 2. The van der Waals surface area contributed by atoms with Gasteiger partial charge in [-0.3, -0.25) is 9.59 Å². The minimum absolute atomic E-state index is 0.223. The van der Waals surface area contributed by atoms with Crippen molar-refractivity contribution in [3.05, 3.63) is 51.2 Å². The van der Waals surface area contributed by atoms with Crippen LogP contribution in [0.5, 0.6) is 0 Å². The number of halogens is 2. The van der Waals surface area contributed by atoms with Gasteiger partial charge in [0.15, 0.2) is 0 Å². The van der Waals surface area contributed by atoms with E-state index in [0.717, 1.165) is 4.47 Å². The first kappa shape index (κ1) is 15.6. The quantitative estimate of drug-likeness (QED) is 0.870. The second-order valence-corrected chi connectivity index (χ2v) is 5.90. The molecule has 1 aromatic carbocycles. The van der Waals surface area contributed by atoms with Crippen molar-refractivity contribution < 1.29 is 9.59 Å². The third-order valence-corrected chi connectivity index (χ3v) is 3.54. The van der Waals surface area contributed by atoms with Crippen LogP contribution in [0.4, 0.5) is 5.69 Å². The maximum atomic E-state index is 12.0. The SMILES string of the molecule is CN(C)C(=O)c1cc(NC(=O)c2cc(Br)c[nH]2)ccc1Cl. The van der Waals surface area contributed by atoms with Crippen LogP contribution in [0.15, 0.2) is 34.9 Å². The van der Waals surface area contributed by atoms with E-state index in [1.54, 1.807) is 44.6 Å². The number of nitrogens with zero attached hydrogens (tertiary/aromatic N) is 1. The smallest absolute Gasteiger partial charge is 0.272 e. The number of aromatic nitrogens is 1. The van der Waals surface area contributed by atoms with Gasteiger partial charge in [-0.05, 0) is 40.2 Å². The summed E-state index contributed by atoms with van der Waals surface area (Å²) in [4.78, 5) is 28.3. The van der Waals surface area contributed by atoms with Crippen LogP contribution in [0.3, 0.4) is 0 Å². The molecule has 0 aliphatic heterocycles.